The molecule has 2 rings (SSSR count). The van der Waals surface area contributed by atoms with Crippen molar-refractivity contribution >= 4 is 5.69 Å². The maximum atomic E-state index is 6.19. The van der Waals surface area contributed by atoms with E-state index in [1.165, 1.54) is 19.3 Å². The van der Waals surface area contributed by atoms with Gasteiger partial charge in [0.2, 0.25) is 5.88 Å². The zero-order valence-corrected chi connectivity index (χ0v) is 11.9. The summed E-state index contributed by atoms with van der Waals surface area (Å²) in [6.07, 6.45) is 5.24. The van der Waals surface area contributed by atoms with E-state index in [0.29, 0.717) is 11.6 Å². The number of anilines is 1. The van der Waals surface area contributed by atoms with Crippen LogP contribution in [0.4, 0.5) is 5.69 Å². The fourth-order valence-corrected chi connectivity index (χ4v) is 2.61. The van der Waals surface area contributed by atoms with E-state index >= 15 is 0 Å². The highest BCUT2D eigenvalue weighted by molar-refractivity contribution is 5.52. The number of aromatic nitrogens is 2. The highest BCUT2D eigenvalue weighted by Crippen LogP contribution is 2.33. The number of hydrogen-bond acceptors (Lipinski definition) is 3. The zero-order chi connectivity index (χ0) is 13.3. The van der Waals surface area contributed by atoms with Gasteiger partial charge in [-0.2, -0.15) is 5.10 Å². The molecule has 2 atom stereocenters. The SMILES string of the molecule is Cc1nn(C(C)C)c(OC2CCCCC2C)c1N. The Morgan fingerprint density at radius 3 is 2.61 bits per heavy atom. The first-order valence-electron chi connectivity index (χ1n) is 7.02. The number of nitrogen functional groups attached to an aromatic ring is 1. The molecule has 4 nitrogen and oxygen atoms in total. The molecule has 1 fully saturated rings. The van der Waals surface area contributed by atoms with Gasteiger partial charge in [0, 0.05) is 0 Å². The third kappa shape index (κ3) is 2.47. The largest absolute Gasteiger partial charge is 0.473 e. The summed E-state index contributed by atoms with van der Waals surface area (Å²) in [5, 5.41) is 4.47. The molecule has 0 aliphatic heterocycles. The van der Waals surface area contributed by atoms with Crippen LogP contribution in [0.1, 0.15) is 58.2 Å². The third-order valence-electron chi connectivity index (χ3n) is 3.87. The molecule has 0 radical (unpaired) electrons. The summed E-state index contributed by atoms with van der Waals surface area (Å²) in [7, 11) is 0. The van der Waals surface area contributed by atoms with Gasteiger partial charge in [-0.1, -0.05) is 13.3 Å². The Bertz CT molecular complexity index is 411. The Hall–Kier alpha value is -1.19. The maximum absolute atomic E-state index is 6.19. The van der Waals surface area contributed by atoms with Crippen LogP contribution in [0.15, 0.2) is 0 Å². The molecule has 102 valence electrons. The van der Waals surface area contributed by atoms with E-state index in [2.05, 4.69) is 25.9 Å². The Labute approximate surface area is 110 Å². The molecule has 2 unspecified atom stereocenters. The Kier molecular flexibility index (Phi) is 3.83. The minimum atomic E-state index is 0.273. The summed E-state index contributed by atoms with van der Waals surface area (Å²) in [6, 6.07) is 0.273. The molecule has 0 amide bonds. The van der Waals surface area contributed by atoms with E-state index in [4.69, 9.17) is 10.5 Å². The lowest BCUT2D eigenvalue weighted by Gasteiger charge is -2.29. The molecular formula is C14H25N3O. The van der Waals surface area contributed by atoms with Gasteiger partial charge in [-0.15, -0.1) is 0 Å². The van der Waals surface area contributed by atoms with Gasteiger partial charge in [-0.25, -0.2) is 4.68 Å². The van der Waals surface area contributed by atoms with Crippen molar-refractivity contribution in [3.05, 3.63) is 5.69 Å². The summed E-state index contributed by atoms with van der Waals surface area (Å²) < 4.78 is 8.10. The summed E-state index contributed by atoms with van der Waals surface area (Å²) in [4.78, 5) is 0. The van der Waals surface area contributed by atoms with Crippen LogP contribution in [-0.2, 0) is 0 Å². The van der Waals surface area contributed by atoms with Crippen LogP contribution < -0.4 is 10.5 Å². The molecule has 2 N–H and O–H groups in total. The van der Waals surface area contributed by atoms with E-state index in [0.717, 1.165) is 18.0 Å². The lowest BCUT2D eigenvalue weighted by atomic mass is 9.88. The molecule has 1 aliphatic rings. The molecule has 1 saturated carbocycles. The van der Waals surface area contributed by atoms with Gasteiger partial charge in [0.1, 0.15) is 11.8 Å². The van der Waals surface area contributed by atoms with Crippen LogP contribution in [-0.4, -0.2) is 15.9 Å². The van der Waals surface area contributed by atoms with E-state index in [1.54, 1.807) is 0 Å². The van der Waals surface area contributed by atoms with Crippen LogP contribution in [0, 0.1) is 12.8 Å². The van der Waals surface area contributed by atoms with Gasteiger partial charge in [-0.05, 0) is 46.0 Å². The van der Waals surface area contributed by atoms with Gasteiger partial charge < -0.3 is 10.5 Å². The molecule has 4 heteroatoms. The van der Waals surface area contributed by atoms with Gasteiger partial charge in [0.25, 0.3) is 0 Å². The number of nitrogens with zero attached hydrogens (tertiary/aromatic N) is 2. The minimum Gasteiger partial charge on any atom is -0.473 e. The first kappa shape index (κ1) is 13.2. The van der Waals surface area contributed by atoms with Gasteiger partial charge >= 0.3 is 0 Å². The van der Waals surface area contributed by atoms with E-state index in [9.17, 15) is 0 Å². The minimum absolute atomic E-state index is 0.273. The predicted molar refractivity (Wildman–Crippen MR) is 73.8 cm³/mol. The smallest absolute Gasteiger partial charge is 0.236 e. The van der Waals surface area contributed by atoms with E-state index in [1.807, 2.05) is 11.6 Å². The summed E-state index contributed by atoms with van der Waals surface area (Å²) in [5.41, 5.74) is 7.65. The van der Waals surface area contributed by atoms with Crippen molar-refractivity contribution in [3.63, 3.8) is 0 Å². The van der Waals surface area contributed by atoms with Crippen LogP contribution in [0.5, 0.6) is 5.88 Å². The van der Waals surface area contributed by atoms with Crippen molar-refractivity contribution in [1.29, 1.82) is 0 Å². The zero-order valence-electron chi connectivity index (χ0n) is 11.9. The fourth-order valence-electron chi connectivity index (χ4n) is 2.61. The lowest BCUT2D eigenvalue weighted by Crippen LogP contribution is -2.29. The van der Waals surface area contributed by atoms with E-state index in [-0.39, 0.29) is 12.1 Å². The molecule has 0 bridgehead atoms. The van der Waals surface area contributed by atoms with Crippen LogP contribution in [0.2, 0.25) is 0 Å². The van der Waals surface area contributed by atoms with Crippen molar-refractivity contribution in [2.75, 3.05) is 5.73 Å². The second kappa shape index (κ2) is 5.21. The molecule has 18 heavy (non-hydrogen) atoms. The Morgan fingerprint density at radius 1 is 1.33 bits per heavy atom. The van der Waals surface area contributed by atoms with Crippen LogP contribution >= 0.6 is 0 Å². The van der Waals surface area contributed by atoms with Crippen molar-refractivity contribution in [1.82, 2.24) is 9.78 Å². The number of rotatable bonds is 3. The number of ether oxygens (including phenoxy) is 1. The summed E-state index contributed by atoms with van der Waals surface area (Å²) in [6.45, 7) is 8.40. The maximum Gasteiger partial charge on any atom is 0.236 e. The molecular weight excluding hydrogens is 226 g/mol. The van der Waals surface area contributed by atoms with Crippen LogP contribution in [0.25, 0.3) is 0 Å². The molecule has 1 aliphatic carbocycles. The monoisotopic (exact) mass is 251 g/mol. The van der Waals surface area contributed by atoms with Crippen molar-refractivity contribution in [2.24, 2.45) is 5.92 Å². The topological polar surface area (TPSA) is 53.1 Å². The quantitative estimate of drug-likeness (QED) is 0.896. The highest BCUT2D eigenvalue weighted by atomic mass is 16.5. The number of aryl methyl sites for hydroxylation is 1. The van der Waals surface area contributed by atoms with Gasteiger partial charge in [-0.3, -0.25) is 0 Å². The second-order valence-corrected chi connectivity index (χ2v) is 5.76. The Balaban J connectivity index is 2.22. The summed E-state index contributed by atoms with van der Waals surface area (Å²) >= 11 is 0. The normalized spacial score (nSPS) is 24.5. The van der Waals surface area contributed by atoms with Gasteiger partial charge in [0.05, 0.1) is 11.7 Å². The van der Waals surface area contributed by atoms with Crippen molar-refractivity contribution in [3.8, 4) is 5.88 Å². The summed E-state index contributed by atoms with van der Waals surface area (Å²) in [5.74, 6) is 1.37. The fraction of sp³-hybridized carbons (Fsp3) is 0.786. The average molecular weight is 251 g/mol. The van der Waals surface area contributed by atoms with Crippen molar-refractivity contribution < 1.29 is 4.74 Å². The average Bonchev–Trinajstić information content (AvgIpc) is 2.60. The number of hydrogen-bond donors (Lipinski definition) is 1. The predicted octanol–water partition coefficient (Wildman–Crippen LogP) is 3.31. The van der Waals surface area contributed by atoms with E-state index < -0.39 is 0 Å². The standard InChI is InChI=1S/C14H25N3O/c1-9(2)17-14(13(15)11(4)16-17)18-12-8-6-5-7-10(12)3/h9-10,12H,5-8,15H2,1-4H3. The first-order valence-corrected chi connectivity index (χ1v) is 7.02. The molecule has 0 saturated heterocycles. The first-order chi connectivity index (χ1) is 8.50. The Morgan fingerprint density at radius 2 is 2.00 bits per heavy atom. The molecule has 1 aromatic rings. The van der Waals surface area contributed by atoms with Crippen LogP contribution in [0.3, 0.4) is 0 Å². The van der Waals surface area contributed by atoms with Crippen molar-refractivity contribution in [2.45, 2.75) is 65.5 Å². The second-order valence-electron chi connectivity index (χ2n) is 5.76. The molecule has 0 spiro atoms. The lowest BCUT2D eigenvalue weighted by molar-refractivity contribution is 0.0909. The molecule has 1 heterocycles. The molecule has 0 aromatic carbocycles. The molecule has 1 aromatic heterocycles. The third-order valence-corrected chi connectivity index (χ3v) is 3.87. The highest BCUT2D eigenvalue weighted by Gasteiger charge is 2.26. The van der Waals surface area contributed by atoms with Gasteiger partial charge in [0.15, 0.2) is 0 Å². The number of nitrogens with two attached hydrogens (primary N) is 1.